The first-order valence-corrected chi connectivity index (χ1v) is 13.2. The Morgan fingerprint density at radius 1 is 0.925 bits per heavy atom. The number of rotatable bonds is 8. The number of aryl methyl sites for hydroxylation is 1. The van der Waals surface area contributed by atoms with Crippen LogP contribution in [0.2, 0.25) is 0 Å². The lowest BCUT2D eigenvalue weighted by atomic mass is 9.99. The molecule has 206 valence electrons. The van der Waals surface area contributed by atoms with E-state index in [9.17, 15) is 22.8 Å². The summed E-state index contributed by atoms with van der Waals surface area (Å²) in [7, 11) is 0. The van der Waals surface area contributed by atoms with Crippen LogP contribution < -0.4 is 0 Å². The van der Waals surface area contributed by atoms with Gasteiger partial charge in [0.2, 0.25) is 0 Å². The van der Waals surface area contributed by atoms with Gasteiger partial charge in [0.15, 0.2) is 0 Å². The van der Waals surface area contributed by atoms with Gasteiger partial charge in [-0.25, -0.2) is 9.97 Å². The first-order valence-electron chi connectivity index (χ1n) is 13.2. The summed E-state index contributed by atoms with van der Waals surface area (Å²) in [4.78, 5) is 35.6. The maximum atomic E-state index is 13.4. The van der Waals surface area contributed by atoms with E-state index in [2.05, 4.69) is 12.1 Å². The van der Waals surface area contributed by atoms with E-state index in [1.165, 1.54) is 17.7 Å². The number of benzene rings is 3. The van der Waals surface area contributed by atoms with Crippen LogP contribution in [-0.2, 0) is 17.4 Å². The SMILES string of the molecule is O=C(O)CCCCc1nc2cc(C(=O)N3CC[C@H](c4ccccc4)C3)ccc2nc1-c1ccc(C(F)(F)F)cc1. The lowest BCUT2D eigenvalue weighted by Crippen LogP contribution is -2.28. The number of aromatic nitrogens is 2. The van der Waals surface area contributed by atoms with Crippen molar-refractivity contribution in [2.45, 2.75) is 44.2 Å². The van der Waals surface area contributed by atoms with Crippen LogP contribution >= 0.6 is 0 Å². The average molecular weight is 548 g/mol. The van der Waals surface area contributed by atoms with Crippen molar-refractivity contribution in [3.63, 3.8) is 0 Å². The van der Waals surface area contributed by atoms with E-state index in [1.807, 2.05) is 23.1 Å². The van der Waals surface area contributed by atoms with Gasteiger partial charge in [0.05, 0.1) is 28.0 Å². The van der Waals surface area contributed by atoms with Gasteiger partial charge in [-0.3, -0.25) is 9.59 Å². The van der Waals surface area contributed by atoms with Crippen molar-refractivity contribution in [3.05, 3.63) is 95.2 Å². The smallest absolute Gasteiger partial charge is 0.416 e. The Kier molecular flexibility index (Phi) is 7.82. The molecule has 1 fully saturated rings. The summed E-state index contributed by atoms with van der Waals surface area (Å²) in [6, 6.07) is 20.0. The summed E-state index contributed by atoms with van der Waals surface area (Å²) in [6.45, 7) is 1.29. The van der Waals surface area contributed by atoms with Gasteiger partial charge in [0, 0.05) is 36.6 Å². The molecule has 0 saturated carbocycles. The van der Waals surface area contributed by atoms with Crippen LogP contribution in [-0.4, -0.2) is 44.9 Å². The van der Waals surface area contributed by atoms with E-state index >= 15 is 0 Å². The van der Waals surface area contributed by atoms with E-state index in [1.54, 1.807) is 18.2 Å². The summed E-state index contributed by atoms with van der Waals surface area (Å²) < 4.78 is 39.3. The highest BCUT2D eigenvalue weighted by Gasteiger charge is 2.30. The largest absolute Gasteiger partial charge is 0.481 e. The molecule has 5 rings (SSSR count). The number of hydrogen-bond donors (Lipinski definition) is 1. The van der Waals surface area contributed by atoms with Gasteiger partial charge in [-0.15, -0.1) is 0 Å². The van der Waals surface area contributed by atoms with Crippen LogP contribution in [0.15, 0.2) is 72.8 Å². The molecule has 4 aromatic rings. The van der Waals surface area contributed by atoms with Crippen LogP contribution in [0.1, 0.15) is 58.8 Å². The molecule has 9 heteroatoms. The fourth-order valence-corrected chi connectivity index (χ4v) is 5.14. The number of fused-ring (bicyclic) bond motifs is 1. The molecule has 1 aliphatic rings. The van der Waals surface area contributed by atoms with Crippen LogP contribution in [0, 0.1) is 0 Å². The Hall–Kier alpha value is -4.27. The van der Waals surface area contributed by atoms with Gasteiger partial charge in [0.25, 0.3) is 5.91 Å². The van der Waals surface area contributed by atoms with Gasteiger partial charge < -0.3 is 10.0 Å². The summed E-state index contributed by atoms with van der Waals surface area (Å²) in [5.74, 6) is -0.696. The number of aliphatic carboxylic acids is 1. The van der Waals surface area contributed by atoms with Crippen LogP contribution in [0.3, 0.4) is 0 Å². The second-order valence-corrected chi connectivity index (χ2v) is 10.0. The molecule has 0 spiro atoms. The van der Waals surface area contributed by atoms with E-state index in [0.717, 1.165) is 18.6 Å². The molecule has 1 aromatic heterocycles. The topological polar surface area (TPSA) is 83.4 Å². The van der Waals surface area contributed by atoms with Gasteiger partial charge in [-0.1, -0.05) is 42.5 Å². The minimum absolute atomic E-state index is 0.00901. The zero-order valence-electron chi connectivity index (χ0n) is 21.7. The first kappa shape index (κ1) is 27.3. The fraction of sp³-hybridized carbons (Fsp3) is 0.290. The Morgan fingerprint density at radius 2 is 1.68 bits per heavy atom. The minimum atomic E-state index is -4.45. The maximum Gasteiger partial charge on any atom is 0.416 e. The molecule has 0 radical (unpaired) electrons. The predicted molar refractivity (Wildman–Crippen MR) is 145 cm³/mol. The third kappa shape index (κ3) is 6.14. The molecule has 3 aromatic carbocycles. The van der Waals surface area contributed by atoms with Gasteiger partial charge in [-0.2, -0.15) is 13.2 Å². The quantitative estimate of drug-likeness (QED) is 0.247. The highest BCUT2D eigenvalue weighted by atomic mass is 19.4. The number of unbranched alkanes of at least 4 members (excludes halogenated alkanes) is 1. The molecular weight excluding hydrogens is 519 g/mol. The second-order valence-electron chi connectivity index (χ2n) is 10.0. The molecule has 2 heterocycles. The van der Waals surface area contributed by atoms with Crippen molar-refractivity contribution in [2.24, 2.45) is 0 Å². The summed E-state index contributed by atoms with van der Waals surface area (Å²) in [5.41, 5.74) is 3.46. The normalized spacial score (nSPS) is 15.5. The summed E-state index contributed by atoms with van der Waals surface area (Å²) >= 11 is 0. The van der Waals surface area contributed by atoms with Gasteiger partial charge in [0.1, 0.15) is 0 Å². The number of nitrogens with zero attached hydrogens (tertiary/aromatic N) is 3. The highest BCUT2D eigenvalue weighted by molar-refractivity contribution is 5.97. The van der Waals surface area contributed by atoms with E-state index in [-0.39, 0.29) is 18.2 Å². The number of carbonyl (C=O) groups excluding carboxylic acids is 1. The van der Waals surface area contributed by atoms with E-state index in [4.69, 9.17) is 15.1 Å². The summed E-state index contributed by atoms with van der Waals surface area (Å²) in [6.07, 6.45) is -2.21. The third-order valence-electron chi connectivity index (χ3n) is 7.27. The molecule has 1 saturated heterocycles. The molecule has 40 heavy (non-hydrogen) atoms. The van der Waals surface area contributed by atoms with Gasteiger partial charge >= 0.3 is 12.1 Å². The van der Waals surface area contributed by atoms with Crippen molar-refractivity contribution in [3.8, 4) is 11.3 Å². The molecule has 1 N–H and O–H groups in total. The standard InChI is InChI=1S/C31H28F3N3O3/c32-31(33,34)24-13-10-21(11-14-24)29-26(8-4-5-9-28(38)39)35-27-18-22(12-15-25(27)36-29)30(40)37-17-16-23(19-37)20-6-2-1-3-7-20/h1-3,6-7,10-15,18,23H,4-5,8-9,16-17,19H2,(H,38,39)/t23-/m0/s1. The number of carbonyl (C=O) groups is 2. The van der Waals surface area contributed by atoms with Crippen molar-refractivity contribution in [1.82, 2.24) is 14.9 Å². The maximum absolute atomic E-state index is 13.4. The predicted octanol–water partition coefficient (Wildman–Crippen LogP) is 6.74. The number of amides is 1. The molecule has 1 atom stereocenters. The first-order chi connectivity index (χ1) is 19.2. The number of alkyl halides is 3. The molecular formula is C31H28F3N3O3. The van der Waals surface area contributed by atoms with Crippen LogP contribution in [0.5, 0.6) is 0 Å². The lowest BCUT2D eigenvalue weighted by molar-refractivity contribution is -0.138. The fourth-order valence-electron chi connectivity index (χ4n) is 5.14. The molecule has 0 unspecified atom stereocenters. The number of carboxylic acids is 1. The van der Waals surface area contributed by atoms with E-state index < -0.39 is 17.7 Å². The number of likely N-dealkylation sites (tertiary alicyclic amines) is 1. The highest BCUT2D eigenvalue weighted by Crippen LogP contribution is 2.33. The van der Waals surface area contributed by atoms with Gasteiger partial charge in [-0.05, 0) is 61.6 Å². The Balaban J connectivity index is 1.43. The van der Waals surface area contributed by atoms with Crippen molar-refractivity contribution in [1.29, 1.82) is 0 Å². The molecule has 0 aliphatic carbocycles. The lowest BCUT2D eigenvalue weighted by Gasteiger charge is -2.17. The Morgan fingerprint density at radius 3 is 2.38 bits per heavy atom. The van der Waals surface area contributed by atoms with Crippen molar-refractivity contribution < 1.29 is 27.9 Å². The summed E-state index contributed by atoms with van der Waals surface area (Å²) in [5, 5.41) is 8.97. The average Bonchev–Trinajstić information content (AvgIpc) is 3.45. The number of halogens is 3. The number of hydrogen-bond acceptors (Lipinski definition) is 4. The molecule has 1 aliphatic heterocycles. The molecule has 0 bridgehead atoms. The number of carboxylic acid groups (broad SMARTS) is 1. The van der Waals surface area contributed by atoms with Crippen molar-refractivity contribution in [2.75, 3.05) is 13.1 Å². The molecule has 6 nitrogen and oxygen atoms in total. The van der Waals surface area contributed by atoms with Crippen LogP contribution in [0.4, 0.5) is 13.2 Å². The van der Waals surface area contributed by atoms with Crippen LogP contribution in [0.25, 0.3) is 22.3 Å². The monoisotopic (exact) mass is 547 g/mol. The van der Waals surface area contributed by atoms with Crippen molar-refractivity contribution >= 4 is 22.9 Å². The Bertz CT molecular complexity index is 1520. The van der Waals surface area contributed by atoms with E-state index in [0.29, 0.717) is 65.9 Å². The zero-order valence-corrected chi connectivity index (χ0v) is 21.7. The zero-order chi connectivity index (χ0) is 28.3. The molecule has 1 amide bonds. The minimum Gasteiger partial charge on any atom is -0.481 e. The second kappa shape index (κ2) is 11.5. The third-order valence-corrected chi connectivity index (χ3v) is 7.27. The Labute approximate surface area is 229 Å².